The van der Waals surface area contributed by atoms with E-state index in [0.717, 1.165) is 19.4 Å². The Bertz CT molecular complexity index is 667. The van der Waals surface area contributed by atoms with Gasteiger partial charge in [-0.05, 0) is 31.9 Å². The van der Waals surface area contributed by atoms with Crippen LogP contribution in [0.2, 0.25) is 0 Å². The van der Waals surface area contributed by atoms with Crippen LogP contribution in [0.5, 0.6) is 11.5 Å². The highest BCUT2D eigenvalue weighted by Gasteiger charge is 2.70. The quantitative estimate of drug-likeness (QED) is 0.815. The topological polar surface area (TPSA) is 82.8 Å². The van der Waals surface area contributed by atoms with Crippen molar-refractivity contribution in [2.24, 2.45) is 17.1 Å². The maximum Gasteiger partial charge on any atom is 0.245 e. The van der Waals surface area contributed by atoms with Gasteiger partial charge in [-0.3, -0.25) is 4.79 Å². The molecule has 7 heteroatoms. The minimum Gasteiger partial charge on any atom is -0.493 e. The first-order valence-corrected chi connectivity index (χ1v) is 8.89. The highest BCUT2D eigenvalue weighted by atomic mass is 35.5. The minimum absolute atomic E-state index is 0. The summed E-state index contributed by atoms with van der Waals surface area (Å²) >= 11 is 0. The Hall–Kier alpha value is -1.50. The average molecular weight is 385 g/mol. The largest absolute Gasteiger partial charge is 0.493 e. The van der Waals surface area contributed by atoms with E-state index in [1.807, 2.05) is 20.8 Å². The van der Waals surface area contributed by atoms with Crippen LogP contribution in [-0.2, 0) is 9.53 Å². The van der Waals surface area contributed by atoms with Gasteiger partial charge in [-0.1, -0.05) is 13.8 Å². The molecule has 3 unspecified atom stereocenters. The first-order chi connectivity index (χ1) is 11.9. The van der Waals surface area contributed by atoms with E-state index in [1.165, 1.54) is 0 Å². The summed E-state index contributed by atoms with van der Waals surface area (Å²) in [6.45, 7) is 7.19. The van der Waals surface area contributed by atoms with E-state index < -0.39 is 11.0 Å². The zero-order valence-electron chi connectivity index (χ0n) is 15.8. The number of rotatable bonds is 5. The Morgan fingerprint density at radius 1 is 1.38 bits per heavy atom. The van der Waals surface area contributed by atoms with Gasteiger partial charge >= 0.3 is 0 Å². The van der Waals surface area contributed by atoms with Crippen molar-refractivity contribution in [3.8, 4) is 11.5 Å². The van der Waals surface area contributed by atoms with Gasteiger partial charge in [-0.15, -0.1) is 12.4 Å². The summed E-state index contributed by atoms with van der Waals surface area (Å²) in [5.41, 5.74) is 5.93. The van der Waals surface area contributed by atoms with E-state index >= 15 is 0 Å². The van der Waals surface area contributed by atoms with Gasteiger partial charge in [-0.25, -0.2) is 0 Å². The van der Waals surface area contributed by atoms with Gasteiger partial charge in [0.15, 0.2) is 11.5 Å². The van der Waals surface area contributed by atoms with Crippen molar-refractivity contribution in [2.75, 3.05) is 25.6 Å². The Balaban J connectivity index is 0.00000243. The van der Waals surface area contributed by atoms with E-state index in [2.05, 4.69) is 5.32 Å². The van der Waals surface area contributed by atoms with Crippen LogP contribution in [0.15, 0.2) is 18.2 Å². The lowest BCUT2D eigenvalue weighted by atomic mass is 9.46. The fourth-order valence-corrected chi connectivity index (χ4v) is 4.29. The first kappa shape index (κ1) is 20.8. The molecule has 0 radical (unpaired) electrons. The van der Waals surface area contributed by atoms with Gasteiger partial charge in [0.1, 0.15) is 5.54 Å². The van der Waals surface area contributed by atoms with Crippen molar-refractivity contribution in [3.05, 3.63) is 18.2 Å². The fourth-order valence-electron chi connectivity index (χ4n) is 4.29. The van der Waals surface area contributed by atoms with Crippen LogP contribution in [0.4, 0.5) is 5.69 Å². The number of hydrogen-bond acceptors (Lipinski definition) is 5. The summed E-state index contributed by atoms with van der Waals surface area (Å²) in [5, 5.41) is 2.97. The molecule has 3 atom stereocenters. The van der Waals surface area contributed by atoms with Crippen LogP contribution in [-0.4, -0.2) is 37.9 Å². The minimum atomic E-state index is -0.941. The molecule has 146 valence electrons. The molecule has 1 aromatic rings. The molecule has 2 aliphatic rings. The number of halogens is 1. The second kappa shape index (κ2) is 7.62. The highest BCUT2D eigenvalue weighted by Crippen LogP contribution is 2.57. The number of anilines is 1. The van der Waals surface area contributed by atoms with Crippen LogP contribution in [0, 0.1) is 11.3 Å². The van der Waals surface area contributed by atoms with Crippen molar-refractivity contribution in [1.29, 1.82) is 0 Å². The normalized spacial score (nSPS) is 28.8. The summed E-state index contributed by atoms with van der Waals surface area (Å²) in [6, 6.07) is 5.34. The Labute approximate surface area is 161 Å². The monoisotopic (exact) mass is 384 g/mol. The van der Waals surface area contributed by atoms with E-state index in [9.17, 15) is 4.79 Å². The van der Waals surface area contributed by atoms with Crippen molar-refractivity contribution < 1.29 is 19.0 Å². The summed E-state index contributed by atoms with van der Waals surface area (Å²) in [6.07, 6.45) is 1.91. The maximum absolute atomic E-state index is 13.0. The number of carbonyl (C=O) groups is 1. The van der Waals surface area contributed by atoms with Gasteiger partial charge in [0, 0.05) is 29.7 Å². The zero-order chi connectivity index (χ0) is 18.2. The number of methoxy groups -OCH3 is 1. The molecule has 1 aliphatic carbocycles. The molecule has 1 aliphatic heterocycles. The zero-order valence-corrected chi connectivity index (χ0v) is 16.7. The number of benzene rings is 1. The molecular formula is C19H29ClN2O4. The van der Waals surface area contributed by atoms with Gasteiger partial charge in [0.25, 0.3) is 0 Å². The lowest BCUT2D eigenvalue weighted by Crippen LogP contribution is -2.81. The molecule has 1 saturated heterocycles. The number of nitrogens with two attached hydrogens (primary N) is 1. The molecule has 3 N–H and O–H groups in total. The second-order valence-electron chi connectivity index (χ2n) is 7.38. The van der Waals surface area contributed by atoms with Gasteiger partial charge in [0.05, 0.1) is 19.8 Å². The molecule has 0 bridgehead atoms. The van der Waals surface area contributed by atoms with Crippen LogP contribution < -0.4 is 20.5 Å². The van der Waals surface area contributed by atoms with Crippen LogP contribution in [0.3, 0.4) is 0 Å². The number of amides is 1. The predicted molar refractivity (Wildman–Crippen MR) is 103 cm³/mol. The number of hydrogen-bond donors (Lipinski definition) is 2. The van der Waals surface area contributed by atoms with E-state index in [1.54, 1.807) is 25.3 Å². The molecule has 0 spiro atoms. The predicted octanol–water partition coefficient (Wildman–Crippen LogP) is 2.99. The molecule has 6 nitrogen and oxygen atoms in total. The lowest BCUT2D eigenvalue weighted by molar-refractivity contribution is -0.222. The SMILES string of the molecule is CCOc1cc(NC(=O)C2(N)C3CCCOC3C2(C)C)ccc1OC.Cl. The summed E-state index contributed by atoms with van der Waals surface area (Å²) in [5.74, 6) is 1.12. The van der Waals surface area contributed by atoms with E-state index in [-0.39, 0.29) is 30.3 Å². The van der Waals surface area contributed by atoms with Crippen molar-refractivity contribution in [2.45, 2.75) is 45.3 Å². The Kier molecular flexibility index (Phi) is 6.10. The molecular weight excluding hydrogens is 356 g/mol. The first-order valence-electron chi connectivity index (χ1n) is 8.89. The van der Waals surface area contributed by atoms with E-state index in [0.29, 0.717) is 23.8 Å². The third kappa shape index (κ3) is 3.04. The molecule has 1 amide bonds. The number of fused-ring (bicyclic) bond motifs is 1. The van der Waals surface area contributed by atoms with Gasteiger partial charge < -0.3 is 25.3 Å². The Morgan fingerprint density at radius 2 is 2.12 bits per heavy atom. The third-order valence-electron chi connectivity index (χ3n) is 5.78. The molecule has 2 fully saturated rings. The molecule has 1 heterocycles. The van der Waals surface area contributed by atoms with Crippen LogP contribution in [0.25, 0.3) is 0 Å². The maximum atomic E-state index is 13.0. The van der Waals surface area contributed by atoms with Gasteiger partial charge in [-0.2, -0.15) is 0 Å². The molecule has 3 rings (SSSR count). The smallest absolute Gasteiger partial charge is 0.245 e. The molecule has 26 heavy (non-hydrogen) atoms. The van der Waals surface area contributed by atoms with Crippen molar-refractivity contribution in [3.63, 3.8) is 0 Å². The lowest BCUT2D eigenvalue weighted by Gasteiger charge is -2.65. The third-order valence-corrected chi connectivity index (χ3v) is 5.78. The van der Waals surface area contributed by atoms with Crippen LogP contribution in [0.1, 0.15) is 33.6 Å². The highest BCUT2D eigenvalue weighted by molar-refractivity contribution is 6.00. The number of nitrogens with one attached hydrogen (secondary N) is 1. The average Bonchev–Trinajstić information content (AvgIpc) is 2.61. The fraction of sp³-hybridized carbons (Fsp3) is 0.632. The standard InChI is InChI=1S/C19H28N2O4.ClH/c1-5-24-15-11-12(8-9-14(15)23-4)21-17(22)19(20)13-7-6-10-25-16(13)18(19,2)3;/h8-9,11,13,16H,5-7,10,20H2,1-4H3,(H,21,22);1H. The molecule has 0 aromatic heterocycles. The number of ether oxygens (including phenoxy) is 3. The second-order valence-corrected chi connectivity index (χ2v) is 7.38. The summed E-state index contributed by atoms with van der Waals surface area (Å²) < 4.78 is 16.7. The van der Waals surface area contributed by atoms with Crippen LogP contribution >= 0.6 is 12.4 Å². The summed E-state index contributed by atoms with van der Waals surface area (Å²) in [7, 11) is 1.59. The van der Waals surface area contributed by atoms with Crippen molar-refractivity contribution >= 4 is 24.0 Å². The number of carbonyl (C=O) groups excluding carboxylic acids is 1. The molecule has 1 aromatic carbocycles. The van der Waals surface area contributed by atoms with Crippen molar-refractivity contribution in [1.82, 2.24) is 0 Å². The molecule has 1 saturated carbocycles. The Morgan fingerprint density at radius 3 is 2.77 bits per heavy atom. The summed E-state index contributed by atoms with van der Waals surface area (Å²) in [4.78, 5) is 13.0. The van der Waals surface area contributed by atoms with E-state index in [4.69, 9.17) is 19.9 Å². The van der Waals surface area contributed by atoms with Gasteiger partial charge in [0.2, 0.25) is 5.91 Å².